The molecule has 0 bridgehead atoms. The Morgan fingerprint density at radius 1 is 0.778 bits per heavy atom. The van der Waals surface area contributed by atoms with E-state index < -0.39 is 0 Å². The van der Waals surface area contributed by atoms with Crippen molar-refractivity contribution >= 4 is 45.0 Å². The van der Waals surface area contributed by atoms with Crippen LogP contribution in [-0.4, -0.2) is 22.2 Å². The van der Waals surface area contributed by atoms with Crippen LogP contribution in [0, 0.1) is 13.8 Å². The molecule has 2 heterocycles. The third-order valence-corrected chi connectivity index (χ3v) is 4.55. The molecule has 0 saturated heterocycles. The molecule has 2 aromatic carbocycles. The number of phenols is 1. The van der Waals surface area contributed by atoms with Gasteiger partial charge in [0.1, 0.15) is 21.8 Å². The van der Waals surface area contributed by atoms with Gasteiger partial charge in [0.2, 0.25) is 0 Å². The van der Waals surface area contributed by atoms with Gasteiger partial charge in [0.15, 0.2) is 0 Å². The van der Waals surface area contributed by atoms with E-state index in [0.717, 1.165) is 38.7 Å². The fourth-order valence-electron chi connectivity index (χ4n) is 2.80. The number of pyridine rings is 2. The predicted molar refractivity (Wildman–Crippen MR) is 111 cm³/mol. The van der Waals surface area contributed by atoms with Gasteiger partial charge in [-0.1, -0.05) is 23.2 Å². The number of aryl methyl sites for hydroxylation is 2. The van der Waals surface area contributed by atoms with Crippen LogP contribution >= 0.6 is 23.2 Å². The van der Waals surface area contributed by atoms with E-state index in [4.69, 9.17) is 27.9 Å². The van der Waals surface area contributed by atoms with Crippen LogP contribution in [0.5, 0.6) is 11.5 Å². The summed E-state index contributed by atoms with van der Waals surface area (Å²) in [4.78, 5) is 8.35. The summed E-state index contributed by atoms with van der Waals surface area (Å²) in [6.45, 7) is 3.95. The summed E-state index contributed by atoms with van der Waals surface area (Å²) >= 11 is 11.6. The fourth-order valence-corrected chi connectivity index (χ4v) is 3.31. The predicted octanol–water partition coefficient (Wildman–Crippen LogP) is 6.11. The first-order valence-electron chi connectivity index (χ1n) is 8.24. The first kappa shape index (κ1) is 19.2. The van der Waals surface area contributed by atoms with Crippen LogP contribution in [0.1, 0.15) is 11.1 Å². The summed E-state index contributed by atoms with van der Waals surface area (Å²) in [7, 11) is 1.65. The van der Waals surface area contributed by atoms with Crippen LogP contribution in [0.3, 0.4) is 0 Å². The van der Waals surface area contributed by atoms with Crippen LogP contribution < -0.4 is 4.74 Å². The molecule has 27 heavy (non-hydrogen) atoms. The number of nitrogens with zero attached hydrogens (tertiary/aromatic N) is 2. The molecule has 4 rings (SSSR count). The third-order valence-electron chi connectivity index (χ3n) is 4.16. The number of aromatic nitrogens is 2. The lowest BCUT2D eigenvalue weighted by Gasteiger charge is -2.04. The van der Waals surface area contributed by atoms with Gasteiger partial charge in [0.05, 0.1) is 18.1 Å². The maximum atomic E-state index is 9.26. The second-order valence-electron chi connectivity index (χ2n) is 6.11. The molecule has 0 aliphatic carbocycles. The monoisotopic (exact) mass is 400 g/mol. The molecule has 6 heteroatoms. The number of hydrogen-bond acceptors (Lipinski definition) is 4. The zero-order valence-electron chi connectivity index (χ0n) is 15.1. The van der Waals surface area contributed by atoms with E-state index in [-0.39, 0.29) is 5.75 Å². The lowest BCUT2D eigenvalue weighted by Crippen LogP contribution is -1.87. The van der Waals surface area contributed by atoms with Crippen molar-refractivity contribution in [3.8, 4) is 11.5 Å². The standard InChI is InChI=1S/C11H10ClNO.C10H8ClNO/c1-7-5-11(12)13-10-4-3-8(14-2)6-9(7)10;1-6-4-10(11)12-9-3-2-7(13)5-8(6)9/h3-6H,1-2H3;2-5,13H,1H3. The van der Waals surface area contributed by atoms with E-state index >= 15 is 0 Å². The molecule has 0 unspecified atom stereocenters. The molecular weight excluding hydrogens is 383 g/mol. The Morgan fingerprint density at radius 3 is 1.85 bits per heavy atom. The maximum Gasteiger partial charge on any atom is 0.130 e. The summed E-state index contributed by atoms with van der Waals surface area (Å²) in [6, 6.07) is 14.4. The van der Waals surface area contributed by atoms with Crippen LogP contribution in [0.4, 0.5) is 0 Å². The molecule has 0 atom stereocenters. The lowest BCUT2D eigenvalue weighted by molar-refractivity contribution is 0.415. The van der Waals surface area contributed by atoms with E-state index in [2.05, 4.69) is 9.97 Å². The van der Waals surface area contributed by atoms with E-state index in [1.165, 1.54) is 0 Å². The van der Waals surface area contributed by atoms with E-state index in [1.54, 1.807) is 31.4 Å². The Balaban J connectivity index is 0.000000156. The highest BCUT2D eigenvalue weighted by molar-refractivity contribution is 6.30. The fraction of sp³-hybridized carbons (Fsp3) is 0.143. The Labute approximate surface area is 167 Å². The normalized spacial score (nSPS) is 10.6. The highest BCUT2D eigenvalue weighted by atomic mass is 35.5. The highest BCUT2D eigenvalue weighted by Crippen LogP contribution is 2.25. The maximum absolute atomic E-state index is 9.26. The average molecular weight is 401 g/mol. The number of rotatable bonds is 1. The third kappa shape index (κ3) is 4.41. The van der Waals surface area contributed by atoms with Crippen molar-refractivity contribution in [2.24, 2.45) is 0 Å². The number of fused-ring (bicyclic) bond motifs is 2. The number of ether oxygens (including phenoxy) is 1. The van der Waals surface area contributed by atoms with Crippen molar-refractivity contribution in [3.63, 3.8) is 0 Å². The zero-order chi connectivity index (χ0) is 19.6. The molecule has 0 radical (unpaired) electrons. The van der Waals surface area contributed by atoms with Gasteiger partial charge in [-0.05, 0) is 73.5 Å². The molecule has 0 spiro atoms. The van der Waals surface area contributed by atoms with Gasteiger partial charge < -0.3 is 9.84 Å². The van der Waals surface area contributed by atoms with Crippen LogP contribution in [0.15, 0.2) is 48.5 Å². The molecule has 0 aliphatic heterocycles. The summed E-state index contributed by atoms with van der Waals surface area (Å²) in [5.41, 5.74) is 3.84. The number of methoxy groups -OCH3 is 1. The summed E-state index contributed by atoms with van der Waals surface area (Å²) in [5.74, 6) is 1.09. The molecule has 0 aliphatic rings. The van der Waals surface area contributed by atoms with Gasteiger partial charge in [0.25, 0.3) is 0 Å². The molecule has 1 N–H and O–H groups in total. The quantitative estimate of drug-likeness (QED) is 0.391. The Kier molecular flexibility index (Phi) is 5.68. The topological polar surface area (TPSA) is 55.2 Å². The second-order valence-corrected chi connectivity index (χ2v) is 6.88. The van der Waals surface area contributed by atoms with Crippen LogP contribution in [0.25, 0.3) is 21.8 Å². The minimum Gasteiger partial charge on any atom is -0.508 e. The first-order chi connectivity index (χ1) is 12.9. The van der Waals surface area contributed by atoms with E-state index in [9.17, 15) is 5.11 Å². The van der Waals surface area contributed by atoms with Crippen LogP contribution in [0.2, 0.25) is 10.3 Å². The number of benzene rings is 2. The largest absolute Gasteiger partial charge is 0.508 e. The Hall–Kier alpha value is -2.56. The molecule has 0 amide bonds. The van der Waals surface area contributed by atoms with Gasteiger partial charge in [-0.15, -0.1) is 0 Å². The van der Waals surface area contributed by atoms with Gasteiger partial charge in [0, 0.05) is 10.8 Å². The Bertz CT molecular complexity index is 1130. The summed E-state index contributed by atoms with van der Waals surface area (Å²) in [6.07, 6.45) is 0. The minimum atomic E-state index is 0.250. The molecule has 138 valence electrons. The summed E-state index contributed by atoms with van der Waals surface area (Å²) < 4.78 is 5.15. The molecule has 0 saturated carbocycles. The first-order valence-corrected chi connectivity index (χ1v) is 9.00. The van der Waals surface area contributed by atoms with Crippen LogP contribution in [-0.2, 0) is 0 Å². The van der Waals surface area contributed by atoms with Crippen molar-refractivity contribution in [2.45, 2.75) is 13.8 Å². The van der Waals surface area contributed by atoms with E-state index in [0.29, 0.717) is 10.3 Å². The summed E-state index contributed by atoms with van der Waals surface area (Å²) in [5, 5.41) is 12.3. The Morgan fingerprint density at radius 2 is 1.30 bits per heavy atom. The number of phenolic OH excluding ortho intramolecular Hbond substituents is 1. The second kappa shape index (κ2) is 7.99. The number of halogens is 2. The number of aromatic hydroxyl groups is 1. The van der Waals surface area contributed by atoms with Gasteiger partial charge in [-0.25, -0.2) is 9.97 Å². The SMILES string of the molecule is COc1ccc2nc(Cl)cc(C)c2c1.Cc1cc(Cl)nc2ccc(O)cc12. The number of hydrogen-bond donors (Lipinski definition) is 1. The molecular formula is C21H18Cl2N2O2. The molecule has 4 aromatic rings. The van der Waals surface area contributed by atoms with Crippen molar-refractivity contribution in [2.75, 3.05) is 7.11 Å². The zero-order valence-corrected chi connectivity index (χ0v) is 16.6. The molecule has 4 nitrogen and oxygen atoms in total. The van der Waals surface area contributed by atoms with Gasteiger partial charge in [-0.3, -0.25) is 0 Å². The lowest BCUT2D eigenvalue weighted by atomic mass is 10.1. The smallest absolute Gasteiger partial charge is 0.130 e. The highest BCUT2D eigenvalue weighted by Gasteiger charge is 2.03. The van der Waals surface area contributed by atoms with Crippen molar-refractivity contribution in [1.29, 1.82) is 0 Å². The average Bonchev–Trinajstić information content (AvgIpc) is 2.62. The van der Waals surface area contributed by atoms with Gasteiger partial charge >= 0.3 is 0 Å². The van der Waals surface area contributed by atoms with Crippen molar-refractivity contribution < 1.29 is 9.84 Å². The van der Waals surface area contributed by atoms with Crippen molar-refractivity contribution in [3.05, 3.63) is 70.0 Å². The molecule has 2 aromatic heterocycles. The van der Waals surface area contributed by atoms with Gasteiger partial charge in [-0.2, -0.15) is 0 Å². The minimum absolute atomic E-state index is 0.250. The molecule has 0 fully saturated rings. The van der Waals surface area contributed by atoms with Crippen molar-refractivity contribution in [1.82, 2.24) is 9.97 Å². The van der Waals surface area contributed by atoms with E-state index in [1.807, 2.05) is 38.1 Å².